The minimum absolute atomic E-state index is 0.0588. The first-order valence-corrected chi connectivity index (χ1v) is 14.7. The van der Waals surface area contributed by atoms with E-state index in [-0.39, 0.29) is 41.6 Å². The number of benzene rings is 1. The van der Waals surface area contributed by atoms with Gasteiger partial charge < -0.3 is 20.2 Å². The molecule has 3 N–H and O–H groups in total. The Morgan fingerprint density at radius 1 is 1.08 bits per heavy atom. The number of fused-ring (bicyclic) bond motifs is 1. The van der Waals surface area contributed by atoms with Crippen LogP contribution in [0, 0.1) is 30.6 Å². The van der Waals surface area contributed by atoms with E-state index >= 15 is 0 Å². The van der Waals surface area contributed by atoms with E-state index in [2.05, 4.69) is 0 Å². The number of nitrogens with two attached hydrogens (primary N) is 1. The van der Waals surface area contributed by atoms with Crippen LogP contribution in [0.3, 0.4) is 0 Å². The number of alkyl halides is 1. The maximum atomic E-state index is 14.0. The third-order valence-electron chi connectivity index (χ3n) is 9.79. The topological polar surface area (TPSA) is 114 Å². The van der Waals surface area contributed by atoms with Crippen LogP contribution in [0.1, 0.15) is 85.9 Å². The number of hydrogen-bond acceptors (Lipinski definition) is 5. The average molecular weight is 541 g/mol. The number of carboxylic acid groups (broad SMARTS) is 1. The van der Waals surface area contributed by atoms with Crippen LogP contribution < -0.4 is 5.73 Å². The molecule has 0 spiro atoms. The van der Waals surface area contributed by atoms with E-state index in [0.29, 0.717) is 41.8 Å². The summed E-state index contributed by atoms with van der Waals surface area (Å²) in [6.07, 6.45) is 9.77. The number of nitrogens with zero attached hydrogens (tertiary/aromatic N) is 1. The van der Waals surface area contributed by atoms with E-state index in [1.165, 1.54) is 19.3 Å². The monoisotopic (exact) mass is 540 g/mol. The van der Waals surface area contributed by atoms with Crippen molar-refractivity contribution in [3.63, 3.8) is 0 Å². The van der Waals surface area contributed by atoms with Crippen LogP contribution in [0.15, 0.2) is 22.6 Å². The first kappa shape index (κ1) is 27.8. The van der Waals surface area contributed by atoms with Gasteiger partial charge in [-0.2, -0.15) is 0 Å². The molecule has 2 aliphatic carbocycles. The summed E-state index contributed by atoms with van der Waals surface area (Å²) in [6, 6.07) is 4.52. The van der Waals surface area contributed by atoms with E-state index in [1.807, 2.05) is 17.0 Å². The predicted molar refractivity (Wildman–Crippen MR) is 146 cm³/mol. The highest BCUT2D eigenvalue weighted by molar-refractivity contribution is 5.96. The van der Waals surface area contributed by atoms with Crippen LogP contribution in [-0.4, -0.2) is 53.0 Å². The van der Waals surface area contributed by atoms with E-state index in [0.717, 1.165) is 37.7 Å². The molecule has 1 aliphatic heterocycles. The van der Waals surface area contributed by atoms with Crippen molar-refractivity contribution in [2.75, 3.05) is 13.2 Å². The van der Waals surface area contributed by atoms with Gasteiger partial charge in [-0.1, -0.05) is 38.2 Å². The van der Waals surface area contributed by atoms with Crippen LogP contribution >= 0.6 is 0 Å². The molecule has 1 aromatic carbocycles. The van der Waals surface area contributed by atoms with Gasteiger partial charge in [0.1, 0.15) is 12.3 Å². The zero-order valence-corrected chi connectivity index (χ0v) is 22.9. The molecule has 0 unspecified atom stereocenters. The Morgan fingerprint density at radius 3 is 2.46 bits per heavy atom. The van der Waals surface area contributed by atoms with Gasteiger partial charge in [0, 0.05) is 35.9 Å². The van der Waals surface area contributed by atoms with Gasteiger partial charge in [-0.15, -0.1) is 0 Å². The summed E-state index contributed by atoms with van der Waals surface area (Å²) < 4.78 is 18.6. The summed E-state index contributed by atoms with van der Waals surface area (Å²) in [7, 11) is 0. The molecule has 2 saturated carbocycles. The molecule has 7 nitrogen and oxygen atoms in total. The molecule has 3 aliphatic rings. The van der Waals surface area contributed by atoms with Gasteiger partial charge >= 0.3 is 5.97 Å². The van der Waals surface area contributed by atoms with Gasteiger partial charge in [-0.25, -0.2) is 9.18 Å². The highest BCUT2D eigenvalue weighted by Crippen LogP contribution is 2.41. The van der Waals surface area contributed by atoms with Crippen LogP contribution in [0.2, 0.25) is 0 Å². The standard InChI is InChI=1S/C31H41FN2O5/c1-18-24-15-19(7-12-27(24)39-29(18)31(37)38)16-26(35)28-23(20-5-3-2-4-6-20)13-14-34(28)30(36)22-10-8-21(9-11-22)25(33)17-32/h7,12,15,20-23,25,28H,2-6,8-11,13-14,16-17,33H2,1H3,(H,37,38)/t21?,22?,23-,25+,28-/m0/s1. The van der Waals surface area contributed by atoms with Gasteiger partial charge in [0.25, 0.3) is 0 Å². The van der Waals surface area contributed by atoms with Crippen LogP contribution in [0.5, 0.6) is 0 Å². The quantitative estimate of drug-likeness (QED) is 0.460. The zero-order chi connectivity index (χ0) is 27.7. The lowest BCUT2D eigenvalue weighted by atomic mass is 9.75. The Balaban J connectivity index is 1.36. The fraction of sp³-hybridized carbons (Fsp3) is 0.645. The number of amides is 1. The number of carbonyl (C=O) groups is 3. The maximum Gasteiger partial charge on any atom is 0.372 e. The van der Waals surface area contributed by atoms with Gasteiger partial charge in [0.05, 0.1) is 6.04 Å². The number of aryl methyl sites for hydroxylation is 1. The van der Waals surface area contributed by atoms with Crippen molar-refractivity contribution in [2.45, 2.75) is 89.6 Å². The summed E-state index contributed by atoms with van der Waals surface area (Å²) in [4.78, 5) is 41.2. The Kier molecular flexibility index (Phi) is 8.40. The largest absolute Gasteiger partial charge is 0.475 e. The number of ketones is 1. The first-order chi connectivity index (χ1) is 18.8. The Labute approximate surface area is 229 Å². The number of halogens is 1. The fourth-order valence-corrected chi connectivity index (χ4v) is 7.57. The first-order valence-electron chi connectivity index (χ1n) is 14.7. The molecule has 5 rings (SSSR count). The summed E-state index contributed by atoms with van der Waals surface area (Å²) in [5, 5.41) is 10.1. The molecule has 212 valence electrons. The molecular weight excluding hydrogens is 499 g/mol. The molecule has 3 atom stereocenters. The molecule has 2 heterocycles. The van der Waals surface area contributed by atoms with Crippen LogP contribution in [-0.2, 0) is 16.0 Å². The minimum atomic E-state index is -1.11. The van der Waals surface area contributed by atoms with Crippen molar-refractivity contribution in [2.24, 2.45) is 29.4 Å². The normalized spacial score (nSPS) is 27.1. The number of carbonyl (C=O) groups excluding carboxylic acids is 2. The molecule has 0 bridgehead atoms. The molecule has 8 heteroatoms. The van der Waals surface area contributed by atoms with E-state index in [1.54, 1.807) is 13.0 Å². The number of aromatic carboxylic acids is 1. The van der Waals surface area contributed by atoms with Crippen LogP contribution in [0.4, 0.5) is 4.39 Å². The molecular formula is C31H41FN2O5. The summed E-state index contributed by atoms with van der Waals surface area (Å²) in [5.74, 6) is -0.440. The lowest BCUT2D eigenvalue weighted by Crippen LogP contribution is -2.48. The number of rotatable bonds is 8. The van der Waals surface area contributed by atoms with E-state index in [4.69, 9.17) is 10.2 Å². The Morgan fingerprint density at radius 2 is 1.79 bits per heavy atom. The number of carboxylic acids is 1. The summed E-state index contributed by atoms with van der Waals surface area (Å²) in [6.45, 7) is 1.80. The van der Waals surface area contributed by atoms with Crippen molar-refractivity contribution < 1.29 is 28.3 Å². The van der Waals surface area contributed by atoms with Crippen LogP contribution in [0.25, 0.3) is 11.0 Å². The highest BCUT2D eigenvalue weighted by atomic mass is 19.1. The number of hydrogen-bond donors (Lipinski definition) is 2. The highest BCUT2D eigenvalue weighted by Gasteiger charge is 2.46. The number of furan rings is 1. The Hall–Kier alpha value is -2.74. The zero-order valence-electron chi connectivity index (χ0n) is 22.9. The molecule has 2 aromatic rings. The SMILES string of the molecule is Cc1c(C(=O)O)oc2ccc(CC(=O)[C@@H]3[C@H](C4CCCCC4)CCN3C(=O)C3CCC([C@H](N)CF)CC3)cc12. The molecule has 1 aromatic heterocycles. The summed E-state index contributed by atoms with van der Waals surface area (Å²) in [5.41, 5.74) is 7.78. The van der Waals surface area contributed by atoms with Crippen molar-refractivity contribution in [3.05, 3.63) is 35.1 Å². The minimum Gasteiger partial charge on any atom is -0.475 e. The van der Waals surface area contributed by atoms with Gasteiger partial charge in [0.15, 0.2) is 5.78 Å². The number of likely N-dealkylation sites (tertiary alicyclic amines) is 1. The fourth-order valence-electron chi connectivity index (χ4n) is 7.57. The van der Waals surface area contributed by atoms with Crippen molar-refractivity contribution in [1.29, 1.82) is 0 Å². The van der Waals surface area contributed by atoms with Crippen molar-refractivity contribution in [3.8, 4) is 0 Å². The molecule has 1 saturated heterocycles. The Bertz CT molecular complexity index is 1210. The second-order valence-corrected chi connectivity index (χ2v) is 12.1. The molecule has 39 heavy (non-hydrogen) atoms. The maximum absolute atomic E-state index is 14.0. The van der Waals surface area contributed by atoms with E-state index < -0.39 is 24.7 Å². The van der Waals surface area contributed by atoms with Crippen molar-refractivity contribution in [1.82, 2.24) is 4.90 Å². The summed E-state index contributed by atoms with van der Waals surface area (Å²) >= 11 is 0. The van der Waals surface area contributed by atoms with E-state index in [9.17, 15) is 23.9 Å². The third kappa shape index (κ3) is 5.63. The lowest BCUT2D eigenvalue weighted by molar-refractivity contribution is -0.143. The average Bonchev–Trinajstić information content (AvgIpc) is 3.54. The second kappa shape index (κ2) is 11.8. The molecule has 0 radical (unpaired) electrons. The van der Waals surface area contributed by atoms with Gasteiger partial charge in [-0.3, -0.25) is 9.59 Å². The lowest BCUT2D eigenvalue weighted by Gasteiger charge is -2.37. The number of Topliss-reactive ketones (excluding diaryl/α,β-unsaturated/α-hetero) is 1. The second-order valence-electron chi connectivity index (χ2n) is 12.1. The van der Waals surface area contributed by atoms with Gasteiger partial charge in [0.2, 0.25) is 11.7 Å². The smallest absolute Gasteiger partial charge is 0.372 e. The molecule has 3 fully saturated rings. The van der Waals surface area contributed by atoms with Gasteiger partial charge in [-0.05, 0) is 74.5 Å². The predicted octanol–water partition coefficient (Wildman–Crippen LogP) is 5.45. The third-order valence-corrected chi connectivity index (χ3v) is 9.79. The molecule has 1 amide bonds. The van der Waals surface area contributed by atoms with Crippen molar-refractivity contribution >= 4 is 28.6 Å².